The van der Waals surface area contributed by atoms with E-state index in [4.69, 9.17) is 14.2 Å². The van der Waals surface area contributed by atoms with E-state index < -0.39 is 6.10 Å². The number of hydrogen-bond donors (Lipinski definition) is 0. The smallest absolute Gasteiger partial charge is 0.306 e. The van der Waals surface area contributed by atoms with Crippen molar-refractivity contribution in [3.05, 3.63) is 60.8 Å². The maximum absolute atomic E-state index is 12.9. The molecule has 0 rings (SSSR count). The highest BCUT2D eigenvalue weighted by molar-refractivity contribution is 5.71. The summed E-state index contributed by atoms with van der Waals surface area (Å²) in [5.41, 5.74) is 0. The molecular formula is C74H134O6. The van der Waals surface area contributed by atoms with E-state index in [0.717, 1.165) is 96.3 Å². The molecule has 80 heavy (non-hydrogen) atoms. The van der Waals surface area contributed by atoms with Gasteiger partial charge in [0, 0.05) is 19.3 Å². The molecule has 0 heterocycles. The first-order valence-electron chi connectivity index (χ1n) is 35.3. The van der Waals surface area contributed by atoms with Crippen LogP contribution < -0.4 is 0 Å². The molecule has 1 unspecified atom stereocenters. The Kier molecular flexibility index (Phi) is 66.1. The van der Waals surface area contributed by atoms with Crippen molar-refractivity contribution in [3.63, 3.8) is 0 Å². The lowest BCUT2D eigenvalue weighted by atomic mass is 10.0. The van der Waals surface area contributed by atoms with Crippen LogP contribution in [0, 0.1) is 0 Å². The first kappa shape index (κ1) is 77.1. The van der Waals surface area contributed by atoms with Crippen molar-refractivity contribution in [2.24, 2.45) is 0 Å². The highest BCUT2D eigenvalue weighted by atomic mass is 16.6. The minimum Gasteiger partial charge on any atom is -0.462 e. The maximum atomic E-state index is 12.9. The molecule has 0 aromatic rings. The summed E-state index contributed by atoms with van der Waals surface area (Å²) in [6.45, 7) is 6.50. The number of unbranched alkanes of at least 4 members (excludes halogenated alkanes) is 44. The molecule has 0 saturated heterocycles. The molecule has 0 fully saturated rings. The molecule has 0 bridgehead atoms. The molecule has 1 atom stereocenters. The average Bonchev–Trinajstić information content (AvgIpc) is 3.46. The first-order chi connectivity index (χ1) is 39.5. The number of esters is 3. The summed E-state index contributed by atoms with van der Waals surface area (Å²) in [4.78, 5) is 38.0. The summed E-state index contributed by atoms with van der Waals surface area (Å²) in [5, 5.41) is 0. The second-order valence-electron chi connectivity index (χ2n) is 23.8. The predicted molar refractivity (Wildman–Crippen MR) is 348 cm³/mol. The van der Waals surface area contributed by atoms with Crippen molar-refractivity contribution >= 4 is 17.9 Å². The van der Waals surface area contributed by atoms with E-state index in [2.05, 4.69) is 81.5 Å². The third-order valence-electron chi connectivity index (χ3n) is 15.8. The normalized spacial score (nSPS) is 12.4. The Hall–Kier alpha value is -2.89. The van der Waals surface area contributed by atoms with Gasteiger partial charge in [0.05, 0.1) is 0 Å². The van der Waals surface area contributed by atoms with Crippen LogP contribution in [0.2, 0.25) is 0 Å². The highest BCUT2D eigenvalue weighted by Crippen LogP contribution is 2.19. The number of carbonyl (C=O) groups excluding carboxylic acids is 3. The molecule has 466 valence electrons. The number of carbonyl (C=O) groups is 3. The molecule has 0 aliphatic carbocycles. The van der Waals surface area contributed by atoms with Gasteiger partial charge in [0.1, 0.15) is 13.2 Å². The quantitative estimate of drug-likeness (QED) is 0.0261. The van der Waals surface area contributed by atoms with Gasteiger partial charge in [0.15, 0.2) is 6.10 Å². The van der Waals surface area contributed by atoms with Crippen LogP contribution in [0.25, 0.3) is 0 Å². The second-order valence-corrected chi connectivity index (χ2v) is 23.8. The van der Waals surface area contributed by atoms with Gasteiger partial charge in [-0.25, -0.2) is 0 Å². The molecule has 0 aliphatic rings. The fourth-order valence-corrected chi connectivity index (χ4v) is 10.5. The molecule has 0 saturated carbocycles. The van der Waals surface area contributed by atoms with Crippen LogP contribution in [0.1, 0.15) is 374 Å². The zero-order valence-electron chi connectivity index (χ0n) is 53.6. The van der Waals surface area contributed by atoms with Crippen molar-refractivity contribution in [1.29, 1.82) is 0 Å². The third kappa shape index (κ3) is 65.9. The van der Waals surface area contributed by atoms with Crippen molar-refractivity contribution in [2.45, 2.75) is 380 Å². The Morgan fingerprint density at radius 3 is 0.762 bits per heavy atom. The van der Waals surface area contributed by atoms with E-state index >= 15 is 0 Å². The van der Waals surface area contributed by atoms with Crippen LogP contribution in [0.15, 0.2) is 60.8 Å². The van der Waals surface area contributed by atoms with Gasteiger partial charge in [0.25, 0.3) is 0 Å². The van der Waals surface area contributed by atoms with Crippen LogP contribution in [0.5, 0.6) is 0 Å². The lowest BCUT2D eigenvalue weighted by molar-refractivity contribution is -0.167. The predicted octanol–water partition coefficient (Wildman–Crippen LogP) is 24.3. The van der Waals surface area contributed by atoms with E-state index in [1.54, 1.807) is 0 Å². The first-order valence-corrected chi connectivity index (χ1v) is 35.3. The molecule has 0 amide bonds. The van der Waals surface area contributed by atoms with E-state index in [0.29, 0.717) is 19.3 Å². The van der Waals surface area contributed by atoms with Gasteiger partial charge in [0.2, 0.25) is 0 Å². The Labute approximate surface area is 498 Å². The molecule has 0 N–H and O–H groups in total. The third-order valence-corrected chi connectivity index (χ3v) is 15.8. The Morgan fingerprint density at radius 2 is 0.487 bits per heavy atom. The average molecular weight is 1120 g/mol. The van der Waals surface area contributed by atoms with E-state index in [1.807, 2.05) is 0 Å². The summed E-state index contributed by atoms with van der Waals surface area (Å²) in [6.07, 6.45) is 88.8. The van der Waals surface area contributed by atoms with Crippen molar-refractivity contribution < 1.29 is 28.6 Å². The molecule has 0 radical (unpaired) electrons. The van der Waals surface area contributed by atoms with E-state index in [9.17, 15) is 14.4 Å². The molecule has 0 aliphatic heterocycles. The summed E-state index contributed by atoms with van der Waals surface area (Å²) in [7, 11) is 0. The minimum atomic E-state index is -0.769. The van der Waals surface area contributed by atoms with Gasteiger partial charge in [-0.15, -0.1) is 0 Å². The van der Waals surface area contributed by atoms with Gasteiger partial charge in [-0.1, -0.05) is 351 Å². The number of hydrogen-bond acceptors (Lipinski definition) is 6. The molecular weight excluding hydrogens is 985 g/mol. The van der Waals surface area contributed by atoms with Gasteiger partial charge >= 0.3 is 17.9 Å². The lowest BCUT2D eigenvalue weighted by Crippen LogP contribution is -2.30. The van der Waals surface area contributed by atoms with Gasteiger partial charge < -0.3 is 14.2 Å². The van der Waals surface area contributed by atoms with Crippen LogP contribution in [0.3, 0.4) is 0 Å². The largest absolute Gasteiger partial charge is 0.462 e. The number of ether oxygens (including phenoxy) is 3. The van der Waals surface area contributed by atoms with Crippen LogP contribution in [-0.4, -0.2) is 37.2 Å². The standard InChI is InChI=1S/C74H134O6/c1-4-7-10-13-15-17-19-21-23-25-27-29-31-33-35-37-39-40-42-44-46-48-50-52-54-56-58-61-64-67-73(76)79-70-71(69-78-72(75)66-63-60-12-9-6-3)80-74(77)68-65-62-59-57-55-53-51-49-47-45-43-41-38-36-34-32-30-28-26-24-22-20-18-16-14-11-8-5-2/h7,10,15,17,21,23,27,29,33,35,71H,4-6,8-9,11-14,16,18-20,22,24-26,28,30-32,34,36-70H2,1-3H3/b10-7-,17-15-,23-21-,29-27-,35-33-. The fourth-order valence-electron chi connectivity index (χ4n) is 10.5. The van der Waals surface area contributed by atoms with Crippen LogP contribution in [0.4, 0.5) is 0 Å². The fraction of sp³-hybridized carbons (Fsp3) is 0.824. The molecule has 0 aromatic carbocycles. The number of rotatable bonds is 65. The molecule has 0 spiro atoms. The molecule has 0 aromatic heterocycles. The van der Waals surface area contributed by atoms with E-state index in [1.165, 1.54) is 238 Å². The zero-order chi connectivity index (χ0) is 57.8. The Balaban J connectivity index is 3.94. The van der Waals surface area contributed by atoms with Crippen molar-refractivity contribution in [3.8, 4) is 0 Å². The lowest BCUT2D eigenvalue weighted by Gasteiger charge is -2.18. The monoisotopic (exact) mass is 1120 g/mol. The van der Waals surface area contributed by atoms with Crippen LogP contribution >= 0.6 is 0 Å². The summed E-state index contributed by atoms with van der Waals surface area (Å²) >= 11 is 0. The summed E-state index contributed by atoms with van der Waals surface area (Å²) in [5.74, 6) is -0.863. The zero-order valence-corrected chi connectivity index (χ0v) is 53.6. The van der Waals surface area contributed by atoms with Gasteiger partial charge in [-0.05, 0) is 64.2 Å². The van der Waals surface area contributed by atoms with Crippen molar-refractivity contribution in [1.82, 2.24) is 0 Å². The second kappa shape index (κ2) is 68.6. The van der Waals surface area contributed by atoms with Crippen molar-refractivity contribution in [2.75, 3.05) is 13.2 Å². The minimum absolute atomic E-state index is 0.0704. The summed E-state index contributed by atoms with van der Waals surface area (Å²) in [6, 6.07) is 0. The summed E-state index contributed by atoms with van der Waals surface area (Å²) < 4.78 is 16.8. The van der Waals surface area contributed by atoms with Gasteiger partial charge in [-0.3, -0.25) is 14.4 Å². The Bertz CT molecular complexity index is 1430. The van der Waals surface area contributed by atoms with Crippen LogP contribution in [-0.2, 0) is 28.6 Å². The molecule has 6 nitrogen and oxygen atoms in total. The Morgan fingerprint density at radius 1 is 0.263 bits per heavy atom. The topological polar surface area (TPSA) is 78.9 Å². The highest BCUT2D eigenvalue weighted by Gasteiger charge is 2.19. The SMILES string of the molecule is CC/C=C\C/C=C\C/C=C\C/C=C\C/C=C\CCCCCCCCCCCCCCCC(=O)OCC(COC(=O)CCCCCCC)OC(=O)CCCCCCCCCCCCCCCCCCCCCCCCCCCCCC. The maximum Gasteiger partial charge on any atom is 0.306 e. The van der Waals surface area contributed by atoms with Gasteiger partial charge in [-0.2, -0.15) is 0 Å². The van der Waals surface area contributed by atoms with E-state index in [-0.39, 0.29) is 31.1 Å². The number of allylic oxidation sites excluding steroid dienone is 10. The molecule has 6 heteroatoms.